The number of aliphatic hydroxyl groups is 1. The van der Waals surface area contributed by atoms with Crippen molar-refractivity contribution in [1.29, 1.82) is 0 Å². The molecule has 2 aromatic rings. The largest absolute Gasteiger partial charge is 1.00 e. The summed E-state index contributed by atoms with van der Waals surface area (Å²) in [6.45, 7) is 6.64. The zero-order valence-corrected chi connectivity index (χ0v) is 18.7. The van der Waals surface area contributed by atoms with Gasteiger partial charge in [0.2, 0.25) is 0 Å². The molecule has 1 N–H and O–H groups in total. The molecule has 0 amide bonds. The number of hydrogen-bond donors (Lipinski definition) is 1. The summed E-state index contributed by atoms with van der Waals surface area (Å²) in [5.74, 6) is 2.91. The van der Waals surface area contributed by atoms with Crippen molar-refractivity contribution in [1.82, 2.24) is 0 Å². The van der Waals surface area contributed by atoms with Crippen LogP contribution in [0.25, 0.3) is 0 Å². The highest BCUT2D eigenvalue weighted by Crippen LogP contribution is 2.36. The fourth-order valence-electron chi connectivity index (χ4n) is 4.25. The van der Waals surface area contributed by atoms with Crippen LogP contribution in [0.15, 0.2) is 48.5 Å². The van der Waals surface area contributed by atoms with Crippen molar-refractivity contribution < 1.29 is 36.1 Å². The van der Waals surface area contributed by atoms with Crippen LogP contribution in [0, 0.1) is 0 Å². The van der Waals surface area contributed by atoms with Crippen LogP contribution in [0.1, 0.15) is 38.7 Å². The molecule has 0 aromatic heterocycles. The first kappa shape index (κ1) is 21.7. The predicted octanol–water partition coefficient (Wildman–Crippen LogP) is 0.748. The second kappa shape index (κ2) is 9.18. The van der Waals surface area contributed by atoms with Crippen molar-refractivity contribution in [2.24, 2.45) is 0 Å². The summed E-state index contributed by atoms with van der Waals surface area (Å²) in [6, 6.07) is 16.0. The summed E-state index contributed by atoms with van der Waals surface area (Å²) < 4.78 is 13.3. The van der Waals surface area contributed by atoms with E-state index in [4.69, 9.17) is 9.47 Å². The van der Waals surface area contributed by atoms with Crippen LogP contribution in [-0.4, -0.2) is 41.8 Å². The third-order valence-corrected chi connectivity index (χ3v) is 5.57. The fraction of sp³-hybridized carbons (Fsp3) is 0.435. The van der Waals surface area contributed by atoms with E-state index in [9.17, 15) is 5.11 Å². The Morgan fingerprint density at radius 3 is 2.10 bits per heavy atom. The number of β-amino-alcohol motifs (C(OH)–C–C–N with tert-alkyl or cyclic N) is 1. The Morgan fingerprint density at radius 1 is 0.931 bits per heavy atom. The van der Waals surface area contributed by atoms with Gasteiger partial charge >= 0.3 is 0 Å². The molecule has 0 spiro atoms. The van der Waals surface area contributed by atoms with Gasteiger partial charge in [-0.05, 0) is 75.2 Å². The number of halogens is 1. The van der Waals surface area contributed by atoms with Crippen LogP contribution in [0.3, 0.4) is 0 Å². The maximum atomic E-state index is 11.7. The van der Waals surface area contributed by atoms with Crippen molar-refractivity contribution in [3.8, 4) is 11.5 Å². The number of nitrogens with zero attached hydrogens (tertiary/aromatic N) is 2. The highest BCUT2D eigenvalue weighted by atomic mass is 79.9. The highest BCUT2D eigenvalue weighted by molar-refractivity contribution is 5.96. The molecule has 2 aliphatic rings. The minimum atomic E-state index is -1.03. The van der Waals surface area contributed by atoms with E-state index < -0.39 is 5.72 Å². The molecule has 2 aliphatic heterocycles. The second-order valence-corrected chi connectivity index (χ2v) is 7.31. The minimum Gasteiger partial charge on any atom is -1.00 e. The number of rotatable bonds is 6. The van der Waals surface area contributed by atoms with Crippen LogP contribution in [0.2, 0.25) is 0 Å². The topological polar surface area (TPSA) is 44.9 Å². The first-order valence-corrected chi connectivity index (χ1v) is 10.3. The van der Waals surface area contributed by atoms with Gasteiger partial charge in [-0.1, -0.05) is 0 Å². The molecule has 5 nitrogen and oxygen atoms in total. The molecule has 156 valence electrons. The molecule has 0 saturated carbocycles. The molecule has 0 radical (unpaired) electrons. The summed E-state index contributed by atoms with van der Waals surface area (Å²) in [5.41, 5.74) is 0.968. The van der Waals surface area contributed by atoms with Crippen LogP contribution in [-0.2, 0) is 5.72 Å². The van der Waals surface area contributed by atoms with Gasteiger partial charge in [0, 0.05) is 12.0 Å². The molecule has 6 heteroatoms. The molecule has 2 heterocycles. The van der Waals surface area contributed by atoms with E-state index in [-0.39, 0.29) is 17.0 Å². The molecule has 29 heavy (non-hydrogen) atoms. The maximum Gasteiger partial charge on any atom is 0.271 e. The zero-order chi connectivity index (χ0) is 19.6. The van der Waals surface area contributed by atoms with Gasteiger partial charge in [0.05, 0.1) is 19.8 Å². The molecule has 0 fully saturated rings. The van der Waals surface area contributed by atoms with Gasteiger partial charge in [0.1, 0.15) is 17.2 Å². The number of anilines is 1. The lowest BCUT2D eigenvalue weighted by molar-refractivity contribution is -0.661. The Bertz CT molecular complexity index is 851. The quantitative estimate of drug-likeness (QED) is 0.646. The van der Waals surface area contributed by atoms with E-state index in [1.807, 2.05) is 50.2 Å². The van der Waals surface area contributed by atoms with Crippen LogP contribution >= 0.6 is 0 Å². The molecule has 0 bridgehead atoms. The number of benzene rings is 2. The van der Waals surface area contributed by atoms with Gasteiger partial charge in [-0.25, -0.2) is 9.48 Å². The highest BCUT2D eigenvalue weighted by Gasteiger charge is 2.52. The summed E-state index contributed by atoms with van der Waals surface area (Å²) >= 11 is 0. The Hall–Kier alpha value is -2.05. The van der Waals surface area contributed by atoms with Crippen LogP contribution in [0.4, 0.5) is 5.69 Å². The summed E-state index contributed by atoms with van der Waals surface area (Å²) in [4.78, 5) is 2.26. The van der Waals surface area contributed by atoms with Gasteiger partial charge in [0.25, 0.3) is 11.6 Å². The summed E-state index contributed by atoms with van der Waals surface area (Å²) in [6.07, 6.45) is 3.23. The van der Waals surface area contributed by atoms with E-state index in [1.54, 1.807) is 0 Å². The van der Waals surface area contributed by atoms with Crippen LogP contribution < -0.4 is 31.4 Å². The lowest BCUT2D eigenvalue weighted by Gasteiger charge is -2.24. The minimum absolute atomic E-state index is 0. The Kier molecular flexibility index (Phi) is 6.85. The molecule has 1 unspecified atom stereocenters. The first-order valence-electron chi connectivity index (χ1n) is 10.3. The van der Waals surface area contributed by atoms with Crippen molar-refractivity contribution in [3.05, 3.63) is 54.1 Å². The summed E-state index contributed by atoms with van der Waals surface area (Å²) in [5, 5.41) is 11.7. The van der Waals surface area contributed by atoms with Gasteiger partial charge in [-0.3, -0.25) is 0 Å². The molecule has 1 atom stereocenters. The van der Waals surface area contributed by atoms with Gasteiger partial charge < -0.3 is 31.6 Å². The van der Waals surface area contributed by atoms with Crippen molar-refractivity contribution in [2.45, 2.75) is 38.8 Å². The second-order valence-electron chi connectivity index (χ2n) is 7.31. The maximum absolute atomic E-state index is 11.7. The Balaban J connectivity index is 0.00000240. The third-order valence-electron chi connectivity index (χ3n) is 5.57. The van der Waals surface area contributed by atoms with E-state index >= 15 is 0 Å². The normalized spacial score (nSPS) is 20.9. The number of amidine groups is 1. The number of hydrogen-bond acceptors (Lipinski definition) is 4. The molecular weight excluding hydrogens is 432 g/mol. The van der Waals surface area contributed by atoms with E-state index in [2.05, 4.69) is 21.6 Å². The molecule has 0 aliphatic carbocycles. The average Bonchev–Trinajstić information content (AvgIpc) is 3.04. The van der Waals surface area contributed by atoms with Crippen molar-refractivity contribution in [3.63, 3.8) is 0 Å². The third kappa shape index (κ3) is 4.14. The smallest absolute Gasteiger partial charge is 0.271 e. The average molecular weight is 461 g/mol. The molecule has 4 rings (SSSR count). The molecule has 2 aromatic carbocycles. The molecular formula is C23H29BrN2O3. The Morgan fingerprint density at radius 2 is 1.52 bits per heavy atom. The Labute approximate surface area is 183 Å². The zero-order valence-electron chi connectivity index (χ0n) is 17.1. The standard InChI is InChI=1S/C23H29N2O3.BrH/c1-3-27-20-12-8-18(9-13-20)23(26)17-24(22-7-5-6-16-25(22)23)19-10-14-21(15-11-19)28-4-2;/h8-15,26H,3-7,16-17H2,1-2H3;1H/q+1;/p-1. The van der Waals surface area contributed by atoms with Gasteiger partial charge in [0.15, 0.2) is 6.54 Å². The lowest BCUT2D eigenvalue weighted by Crippen LogP contribution is -3.00. The van der Waals surface area contributed by atoms with E-state index in [0.717, 1.165) is 48.6 Å². The van der Waals surface area contributed by atoms with Gasteiger partial charge in [-0.15, -0.1) is 0 Å². The van der Waals surface area contributed by atoms with Gasteiger partial charge in [-0.2, -0.15) is 0 Å². The van der Waals surface area contributed by atoms with Crippen LogP contribution in [0.5, 0.6) is 11.5 Å². The monoisotopic (exact) mass is 460 g/mol. The predicted molar refractivity (Wildman–Crippen MR) is 110 cm³/mol. The number of ether oxygens (including phenoxy) is 2. The lowest BCUT2D eigenvalue weighted by atomic mass is 10.0. The van der Waals surface area contributed by atoms with E-state index in [1.165, 1.54) is 5.84 Å². The molecule has 0 saturated heterocycles. The summed E-state index contributed by atoms with van der Waals surface area (Å²) in [7, 11) is 0. The van der Waals surface area contributed by atoms with Crippen molar-refractivity contribution >= 4 is 11.5 Å². The first-order chi connectivity index (χ1) is 13.7. The fourth-order valence-corrected chi connectivity index (χ4v) is 4.25. The van der Waals surface area contributed by atoms with E-state index in [0.29, 0.717) is 19.8 Å². The SMILES string of the molecule is CCOc1ccc(N2CC(O)(c3ccc(OCC)cc3)[N+]3=C2CCCC3)cc1.[Br-]. The van der Waals surface area contributed by atoms with Crippen molar-refractivity contribution in [2.75, 3.05) is 31.2 Å².